The molecule has 0 spiro atoms. The van der Waals surface area contributed by atoms with E-state index in [1.165, 1.54) is 10.9 Å². The Morgan fingerprint density at radius 3 is 2.35 bits per heavy atom. The monoisotopic (exact) mass is 461 g/mol. The molecule has 0 aliphatic carbocycles. The molecular weight excluding hydrogens is 422 g/mol. The van der Waals surface area contributed by atoms with Gasteiger partial charge in [-0.05, 0) is 48.8 Å². The van der Waals surface area contributed by atoms with Crippen molar-refractivity contribution in [2.24, 2.45) is 5.41 Å². The number of carbonyl (C=O) groups excluding carboxylic acids is 1. The summed E-state index contributed by atoms with van der Waals surface area (Å²) >= 11 is 0. The molecule has 5 heteroatoms. The summed E-state index contributed by atoms with van der Waals surface area (Å²) in [5, 5.41) is 16.0. The highest BCUT2D eigenvalue weighted by molar-refractivity contribution is 5.81. The second kappa shape index (κ2) is 10.3. The summed E-state index contributed by atoms with van der Waals surface area (Å²) in [6.07, 6.45) is 5.61. The second-order valence-electron chi connectivity index (χ2n) is 10.8. The average Bonchev–Trinajstić information content (AvgIpc) is 3.27. The number of piperidine rings is 1. The zero-order valence-electron chi connectivity index (χ0n) is 20.8. The van der Waals surface area contributed by atoms with Crippen molar-refractivity contribution >= 4 is 16.8 Å². The fourth-order valence-corrected chi connectivity index (χ4v) is 5.00. The van der Waals surface area contributed by atoms with E-state index in [2.05, 4.69) is 51.3 Å². The standard InChI is InChI=1S/C29H39N3O2/c1-28(2,3)27(33)30-18-16-29(34,24-10-5-4-6-11-24)17-22-31-19-14-25(15-20-31)32-21-13-23-9-7-8-12-26(23)32/h4-13,21,25,34H,14-20,22H2,1-3H3,(H,30,33). The number of nitrogens with zero attached hydrogens (tertiary/aromatic N) is 2. The maximum atomic E-state index is 12.3. The van der Waals surface area contributed by atoms with E-state index in [9.17, 15) is 9.90 Å². The van der Waals surface area contributed by atoms with Crippen molar-refractivity contribution in [1.29, 1.82) is 0 Å². The van der Waals surface area contributed by atoms with Gasteiger partial charge in [0.1, 0.15) is 0 Å². The molecule has 1 amide bonds. The van der Waals surface area contributed by atoms with Gasteiger partial charge >= 0.3 is 0 Å². The summed E-state index contributed by atoms with van der Waals surface area (Å²) in [6, 6.07) is 21.2. The summed E-state index contributed by atoms with van der Waals surface area (Å²) in [5.41, 5.74) is 0.852. The second-order valence-corrected chi connectivity index (χ2v) is 10.8. The maximum Gasteiger partial charge on any atom is 0.225 e. The van der Waals surface area contributed by atoms with Gasteiger partial charge in [-0.2, -0.15) is 0 Å². The molecule has 2 aromatic carbocycles. The van der Waals surface area contributed by atoms with Crippen LogP contribution in [0.1, 0.15) is 58.1 Å². The molecule has 0 bridgehead atoms. The van der Waals surface area contributed by atoms with Crippen LogP contribution in [0.4, 0.5) is 0 Å². The van der Waals surface area contributed by atoms with E-state index < -0.39 is 11.0 Å². The van der Waals surface area contributed by atoms with Gasteiger partial charge in [-0.3, -0.25) is 4.79 Å². The summed E-state index contributed by atoms with van der Waals surface area (Å²) in [7, 11) is 0. The Hall–Kier alpha value is -2.63. The molecule has 2 N–H and O–H groups in total. The number of aromatic nitrogens is 1. The Morgan fingerprint density at radius 2 is 1.65 bits per heavy atom. The first-order valence-corrected chi connectivity index (χ1v) is 12.6. The summed E-state index contributed by atoms with van der Waals surface area (Å²) in [5.74, 6) is 0.0162. The quantitative estimate of drug-likeness (QED) is 0.490. The van der Waals surface area contributed by atoms with E-state index in [1.807, 2.05) is 51.1 Å². The highest BCUT2D eigenvalue weighted by Gasteiger charge is 2.31. The third-order valence-corrected chi connectivity index (χ3v) is 7.24. The van der Waals surface area contributed by atoms with Crippen LogP contribution in [-0.2, 0) is 10.4 Å². The molecule has 1 aliphatic rings. The highest BCUT2D eigenvalue weighted by atomic mass is 16.3. The molecule has 2 heterocycles. The SMILES string of the molecule is CC(C)(C)C(=O)NCCC(O)(CCN1CCC(n2ccc3ccccc32)CC1)c1ccccc1. The van der Waals surface area contributed by atoms with Gasteiger partial charge in [-0.15, -0.1) is 0 Å². The van der Waals surface area contributed by atoms with Crippen molar-refractivity contribution in [2.75, 3.05) is 26.2 Å². The van der Waals surface area contributed by atoms with Crippen LogP contribution in [0.25, 0.3) is 10.9 Å². The van der Waals surface area contributed by atoms with Gasteiger partial charge in [-0.1, -0.05) is 69.3 Å². The lowest BCUT2D eigenvalue weighted by atomic mass is 9.86. The van der Waals surface area contributed by atoms with Gasteiger partial charge < -0.3 is 19.9 Å². The van der Waals surface area contributed by atoms with Crippen LogP contribution in [0.3, 0.4) is 0 Å². The lowest BCUT2D eigenvalue weighted by Gasteiger charge is -2.36. The zero-order valence-corrected chi connectivity index (χ0v) is 20.8. The number of hydrogen-bond acceptors (Lipinski definition) is 3. The molecule has 1 atom stereocenters. The number of fused-ring (bicyclic) bond motifs is 1. The minimum absolute atomic E-state index is 0.0162. The number of para-hydroxylation sites is 1. The molecule has 0 radical (unpaired) electrons. The smallest absolute Gasteiger partial charge is 0.225 e. The molecule has 1 aromatic heterocycles. The van der Waals surface area contributed by atoms with E-state index in [0.717, 1.165) is 38.0 Å². The number of aliphatic hydroxyl groups is 1. The van der Waals surface area contributed by atoms with Crippen molar-refractivity contribution in [3.8, 4) is 0 Å². The fraction of sp³-hybridized carbons (Fsp3) is 0.483. The summed E-state index contributed by atoms with van der Waals surface area (Å²) < 4.78 is 2.44. The lowest BCUT2D eigenvalue weighted by Crippen LogP contribution is -2.41. The van der Waals surface area contributed by atoms with Crippen LogP contribution in [0, 0.1) is 5.41 Å². The molecule has 1 saturated heterocycles. The van der Waals surface area contributed by atoms with Crippen molar-refractivity contribution < 1.29 is 9.90 Å². The predicted molar refractivity (Wildman–Crippen MR) is 139 cm³/mol. The molecule has 1 aliphatic heterocycles. The van der Waals surface area contributed by atoms with E-state index in [0.29, 0.717) is 25.4 Å². The van der Waals surface area contributed by atoms with E-state index in [-0.39, 0.29) is 5.91 Å². The first-order chi connectivity index (χ1) is 16.3. The van der Waals surface area contributed by atoms with Crippen molar-refractivity contribution in [1.82, 2.24) is 14.8 Å². The number of hydrogen-bond donors (Lipinski definition) is 2. The number of likely N-dealkylation sites (tertiary alicyclic amines) is 1. The minimum Gasteiger partial charge on any atom is -0.385 e. The summed E-state index contributed by atoms with van der Waals surface area (Å²) in [4.78, 5) is 14.8. The van der Waals surface area contributed by atoms with Gasteiger partial charge in [0.25, 0.3) is 0 Å². The number of rotatable bonds is 8. The average molecular weight is 462 g/mol. The van der Waals surface area contributed by atoms with Crippen LogP contribution in [0.15, 0.2) is 66.9 Å². The van der Waals surface area contributed by atoms with Crippen LogP contribution >= 0.6 is 0 Å². The topological polar surface area (TPSA) is 57.5 Å². The van der Waals surface area contributed by atoms with E-state index in [1.54, 1.807) is 0 Å². The van der Waals surface area contributed by atoms with E-state index >= 15 is 0 Å². The molecule has 0 saturated carbocycles. The number of carbonyl (C=O) groups is 1. The lowest BCUT2D eigenvalue weighted by molar-refractivity contribution is -0.128. The fourth-order valence-electron chi connectivity index (χ4n) is 5.00. The number of nitrogens with one attached hydrogen (secondary N) is 1. The zero-order chi connectivity index (χ0) is 24.2. The van der Waals surface area contributed by atoms with Crippen molar-refractivity contribution in [3.05, 3.63) is 72.4 Å². The predicted octanol–water partition coefficient (Wildman–Crippen LogP) is 5.11. The molecule has 34 heavy (non-hydrogen) atoms. The van der Waals surface area contributed by atoms with Crippen LogP contribution < -0.4 is 5.32 Å². The van der Waals surface area contributed by atoms with Gasteiger partial charge in [0.2, 0.25) is 5.91 Å². The third kappa shape index (κ3) is 5.70. The van der Waals surface area contributed by atoms with Crippen molar-refractivity contribution in [3.63, 3.8) is 0 Å². The first-order valence-electron chi connectivity index (χ1n) is 12.6. The molecule has 1 unspecified atom stereocenters. The molecule has 3 aromatic rings. The molecule has 182 valence electrons. The molecule has 1 fully saturated rings. The first kappa shape index (κ1) is 24.5. The molecule has 4 rings (SSSR count). The van der Waals surface area contributed by atoms with Crippen molar-refractivity contribution in [2.45, 2.75) is 58.1 Å². The maximum absolute atomic E-state index is 12.3. The van der Waals surface area contributed by atoms with Gasteiger partial charge in [0.05, 0.1) is 5.60 Å². The highest BCUT2D eigenvalue weighted by Crippen LogP contribution is 2.31. The largest absolute Gasteiger partial charge is 0.385 e. The van der Waals surface area contributed by atoms with Crippen LogP contribution in [0.5, 0.6) is 0 Å². The normalized spacial score (nSPS) is 17.5. The Balaban J connectivity index is 1.35. The van der Waals surface area contributed by atoms with Gasteiger partial charge in [0, 0.05) is 49.3 Å². The number of benzene rings is 2. The molecular formula is C29H39N3O2. The van der Waals surface area contributed by atoms with Crippen LogP contribution in [-0.4, -0.2) is 46.7 Å². The Kier molecular flexibility index (Phi) is 7.44. The molecule has 5 nitrogen and oxygen atoms in total. The summed E-state index contributed by atoms with van der Waals surface area (Å²) in [6.45, 7) is 9.09. The van der Waals surface area contributed by atoms with Gasteiger partial charge in [0.15, 0.2) is 0 Å². The number of amides is 1. The Bertz CT molecular complexity index is 1080. The minimum atomic E-state index is -0.958. The third-order valence-electron chi connectivity index (χ3n) is 7.24. The van der Waals surface area contributed by atoms with Gasteiger partial charge in [-0.25, -0.2) is 0 Å². The Morgan fingerprint density at radius 1 is 0.971 bits per heavy atom. The van der Waals surface area contributed by atoms with E-state index in [4.69, 9.17) is 0 Å². The Labute approximate surface area is 203 Å². The van der Waals surface area contributed by atoms with Crippen LogP contribution in [0.2, 0.25) is 0 Å².